The molecule has 2 aromatic rings. The average Bonchev–Trinajstić information content (AvgIpc) is 3.13. The summed E-state index contributed by atoms with van der Waals surface area (Å²) < 4.78 is 35.5. The minimum Gasteiger partial charge on any atom is -0.490 e. The Balaban J connectivity index is 1.44. The number of nitrogens with zero attached hydrogens (tertiary/aromatic N) is 1. The van der Waals surface area contributed by atoms with Gasteiger partial charge in [0.15, 0.2) is 0 Å². The van der Waals surface area contributed by atoms with Crippen molar-refractivity contribution in [1.82, 2.24) is 4.72 Å². The Morgan fingerprint density at radius 1 is 1.18 bits per heavy atom. The summed E-state index contributed by atoms with van der Waals surface area (Å²) >= 11 is 6.42. The first-order valence-corrected chi connectivity index (χ1v) is 18.1. The highest BCUT2D eigenvalue weighted by Crippen LogP contribution is 2.48. The number of hydrogen-bond acceptors (Lipinski definition) is 6. The third-order valence-electron chi connectivity index (χ3n) is 11.0. The van der Waals surface area contributed by atoms with E-state index in [0.29, 0.717) is 49.1 Å². The Hall–Kier alpha value is -2.55. The first-order chi connectivity index (χ1) is 21.0. The summed E-state index contributed by atoms with van der Waals surface area (Å²) in [6.45, 7) is 7.55. The maximum atomic E-state index is 13.4. The van der Waals surface area contributed by atoms with E-state index < -0.39 is 27.3 Å². The van der Waals surface area contributed by atoms with Crippen LogP contribution >= 0.6 is 11.6 Å². The predicted octanol–water partition coefficient (Wildman–Crippen LogP) is 6.27. The van der Waals surface area contributed by atoms with Crippen molar-refractivity contribution in [2.45, 2.75) is 82.5 Å². The maximum Gasteiger partial charge on any atom is 0.264 e. The van der Waals surface area contributed by atoms with E-state index in [1.807, 2.05) is 32.1 Å². The molecule has 0 radical (unpaired) electrons. The zero-order valence-electron chi connectivity index (χ0n) is 26.0. The van der Waals surface area contributed by atoms with Gasteiger partial charge < -0.3 is 14.7 Å². The van der Waals surface area contributed by atoms with Crippen LogP contribution in [0.1, 0.15) is 80.8 Å². The van der Waals surface area contributed by atoms with Gasteiger partial charge in [-0.05, 0) is 111 Å². The number of rotatable bonds is 2. The molecular formula is C35H45ClN2O5S. The molecule has 2 aromatic carbocycles. The molecule has 7 atom stereocenters. The summed E-state index contributed by atoms with van der Waals surface area (Å²) in [5.41, 5.74) is 3.39. The fourth-order valence-corrected chi connectivity index (χ4v) is 9.40. The number of ether oxygens (including phenoxy) is 1. The maximum absolute atomic E-state index is 13.4. The molecule has 0 saturated heterocycles. The number of aliphatic hydroxyl groups excluding tert-OH is 1. The Morgan fingerprint density at radius 3 is 2.75 bits per heavy atom. The molecule has 4 aliphatic rings. The van der Waals surface area contributed by atoms with Crippen LogP contribution in [0.4, 0.5) is 5.69 Å². The molecule has 1 spiro atoms. The molecule has 2 aliphatic heterocycles. The van der Waals surface area contributed by atoms with Crippen molar-refractivity contribution in [3.63, 3.8) is 0 Å². The summed E-state index contributed by atoms with van der Waals surface area (Å²) in [5.74, 6) is 0.555. The van der Waals surface area contributed by atoms with Crippen molar-refractivity contribution in [2.24, 2.45) is 23.7 Å². The lowest BCUT2D eigenvalue weighted by Gasteiger charge is -2.47. The molecular weight excluding hydrogens is 596 g/mol. The summed E-state index contributed by atoms with van der Waals surface area (Å²) in [7, 11) is -3.92. The number of allylic oxidation sites excluding steroid dienone is 1. The largest absolute Gasteiger partial charge is 0.490 e. The highest BCUT2D eigenvalue weighted by Gasteiger charge is 2.45. The van der Waals surface area contributed by atoms with Crippen molar-refractivity contribution in [1.29, 1.82) is 0 Å². The molecule has 1 amide bonds. The Morgan fingerprint density at radius 2 is 2.00 bits per heavy atom. The number of aryl methyl sites for hydroxylation is 1. The number of halogens is 1. The lowest BCUT2D eigenvalue weighted by Crippen LogP contribution is -2.49. The number of carbonyl (C=O) groups is 1. The van der Waals surface area contributed by atoms with Crippen LogP contribution in [0.25, 0.3) is 0 Å². The highest BCUT2D eigenvalue weighted by molar-refractivity contribution is 7.90. The summed E-state index contributed by atoms with van der Waals surface area (Å²) in [4.78, 5) is 15.8. The van der Waals surface area contributed by atoms with Gasteiger partial charge in [0.2, 0.25) is 10.0 Å². The van der Waals surface area contributed by atoms with Gasteiger partial charge in [-0.25, -0.2) is 13.1 Å². The molecule has 238 valence electrons. The molecule has 2 bridgehead atoms. The Labute approximate surface area is 267 Å². The smallest absolute Gasteiger partial charge is 0.264 e. The zero-order valence-corrected chi connectivity index (χ0v) is 27.5. The monoisotopic (exact) mass is 640 g/mol. The molecule has 0 aromatic heterocycles. The highest BCUT2D eigenvalue weighted by atomic mass is 35.5. The molecule has 0 unspecified atom stereocenters. The van der Waals surface area contributed by atoms with Crippen LogP contribution in [0.2, 0.25) is 5.02 Å². The quantitative estimate of drug-likeness (QED) is 0.376. The van der Waals surface area contributed by atoms with Crippen molar-refractivity contribution < 1.29 is 23.1 Å². The first-order valence-electron chi connectivity index (χ1n) is 16.2. The van der Waals surface area contributed by atoms with Gasteiger partial charge in [-0.2, -0.15) is 0 Å². The van der Waals surface area contributed by atoms with E-state index >= 15 is 0 Å². The number of benzene rings is 2. The first kappa shape index (κ1) is 31.4. The van der Waals surface area contributed by atoms with Crippen molar-refractivity contribution in [2.75, 3.05) is 24.6 Å². The zero-order chi connectivity index (χ0) is 31.2. The second-order valence-electron chi connectivity index (χ2n) is 13.7. The van der Waals surface area contributed by atoms with Crippen LogP contribution in [0.3, 0.4) is 0 Å². The molecule has 44 heavy (non-hydrogen) atoms. The van der Waals surface area contributed by atoms with Crippen molar-refractivity contribution in [3.05, 3.63) is 70.3 Å². The van der Waals surface area contributed by atoms with Crippen LogP contribution in [0, 0.1) is 23.7 Å². The van der Waals surface area contributed by atoms with E-state index in [0.717, 1.165) is 49.4 Å². The normalized spacial score (nSPS) is 33.1. The van der Waals surface area contributed by atoms with E-state index in [1.165, 1.54) is 11.1 Å². The summed E-state index contributed by atoms with van der Waals surface area (Å²) in [6.07, 6.45) is 10.0. The number of carbonyl (C=O) groups excluding carboxylic acids is 1. The SMILES string of the molecule is CC[C@H](O)[C@H]1/C=C/C[C@H](C)[C@@H](C)S(=O)(=O)NC(=O)c2ccc3c(c2)N(C[C@@H]2CC[C@H]21)C[C@@]1(CCCc2cc(Cl)ccc21)CO3. The fraction of sp³-hybridized carbons (Fsp3) is 0.571. The molecule has 7 nitrogen and oxygen atoms in total. The van der Waals surface area contributed by atoms with E-state index in [-0.39, 0.29) is 17.3 Å². The van der Waals surface area contributed by atoms with Gasteiger partial charge in [-0.3, -0.25) is 4.79 Å². The van der Waals surface area contributed by atoms with Gasteiger partial charge in [-0.1, -0.05) is 43.7 Å². The molecule has 6 rings (SSSR count). The third kappa shape index (κ3) is 5.90. The summed E-state index contributed by atoms with van der Waals surface area (Å²) in [5, 5.41) is 11.1. The molecule has 2 N–H and O–H groups in total. The van der Waals surface area contributed by atoms with Crippen LogP contribution in [-0.4, -0.2) is 50.5 Å². The number of fused-ring (bicyclic) bond motifs is 4. The van der Waals surface area contributed by atoms with E-state index in [9.17, 15) is 18.3 Å². The molecule has 1 fully saturated rings. The predicted molar refractivity (Wildman–Crippen MR) is 175 cm³/mol. The average molecular weight is 641 g/mol. The minimum atomic E-state index is -3.92. The number of nitrogens with one attached hydrogen (secondary N) is 1. The number of aliphatic hydroxyl groups is 1. The third-order valence-corrected chi connectivity index (χ3v) is 13.1. The lowest BCUT2D eigenvalue weighted by atomic mass is 9.64. The molecule has 1 saturated carbocycles. The second-order valence-corrected chi connectivity index (χ2v) is 16.1. The Kier molecular flexibility index (Phi) is 8.81. The van der Waals surface area contributed by atoms with Crippen molar-refractivity contribution in [3.8, 4) is 5.75 Å². The van der Waals surface area contributed by atoms with Gasteiger partial charge in [0.05, 0.1) is 23.6 Å². The van der Waals surface area contributed by atoms with Gasteiger partial charge >= 0.3 is 0 Å². The van der Waals surface area contributed by atoms with Gasteiger partial charge in [0.25, 0.3) is 5.91 Å². The number of anilines is 1. The lowest BCUT2D eigenvalue weighted by molar-refractivity contribution is 0.0313. The molecule has 2 aliphatic carbocycles. The van der Waals surface area contributed by atoms with Crippen LogP contribution in [0.5, 0.6) is 5.75 Å². The number of amides is 1. The number of sulfonamides is 1. The second kappa shape index (κ2) is 12.3. The summed E-state index contributed by atoms with van der Waals surface area (Å²) in [6, 6.07) is 11.5. The van der Waals surface area contributed by atoms with Crippen LogP contribution < -0.4 is 14.4 Å². The van der Waals surface area contributed by atoms with Crippen LogP contribution in [-0.2, 0) is 21.9 Å². The topological polar surface area (TPSA) is 95.9 Å². The van der Waals surface area contributed by atoms with Gasteiger partial charge in [0, 0.05) is 35.0 Å². The molecule has 2 heterocycles. The Bertz CT molecular complexity index is 1540. The van der Waals surface area contributed by atoms with E-state index in [2.05, 4.69) is 27.8 Å². The van der Waals surface area contributed by atoms with Gasteiger partial charge in [0.1, 0.15) is 5.75 Å². The van der Waals surface area contributed by atoms with Gasteiger partial charge in [-0.15, -0.1) is 0 Å². The van der Waals surface area contributed by atoms with E-state index in [1.54, 1.807) is 19.1 Å². The fourth-order valence-electron chi connectivity index (χ4n) is 7.92. The van der Waals surface area contributed by atoms with Crippen molar-refractivity contribution >= 4 is 33.2 Å². The molecule has 9 heteroatoms. The van der Waals surface area contributed by atoms with E-state index in [4.69, 9.17) is 16.3 Å². The standard InChI is InChI=1S/C35H45ClN2O5S/c1-4-32(39)29-9-5-7-22(2)23(3)44(41,42)37-34(40)25-11-15-33-31(18-25)38(19-26-10-13-28(26)29)20-35(21-43-33)16-6-8-24-17-27(36)12-14-30(24)35/h5,9,11-12,14-15,17-18,22-23,26,28-29,32,39H,4,6-8,10,13,16,19-21H2,1-3H3,(H,37,40)/b9-5+/t22-,23+,26-,28+,29-,32-,35-/m0/s1. The number of hydrogen-bond donors (Lipinski definition) is 2. The minimum absolute atomic E-state index is 0.00557. The van der Waals surface area contributed by atoms with Crippen LogP contribution in [0.15, 0.2) is 48.6 Å².